The molecule has 1 aliphatic heterocycles. The van der Waals surface area contributed by atoms with Crippen LogP contribution in [0.3, 0.4) is 0 Å². The van der Waals surface area contributed by atoms with Crippen molar-refractivity contribution in [2.45, 2.75) is 64.5 Å². The second kappa shape index (κ2) is 8.90. The zero-order chi connectivity index (χ0) is 12.5. The second-order valence-electron chi connectivity index (χ2n) is 5.27. The lowest BCUT2D eigenvalue weighted by molar-refractivity contribution is -0.0341. The molecule has 3 heteroatoms. The Morgan fingerprint density at radius 2 is 2.06 bits per heavy atom. The number of morpholine rings is 1. The Kier molecular flexibility index (Phi) is 7.82. The van der Waals surface area contributed by atoms with Gasteiger partial charge in [-0.1, -0.05) is 39.0 Å². The fourth-order valence-electron chi connectivity index (χ4n) is 2.61. The molecule has 1 fully saturated rings. The monoisotopic (exact) mass is 242 g/mol. The Morgan fingerprint density at radius 1 is 1.29 bits per heavy atom. The van der Waals surface area contributed by atoms with E-state index >= 15 is 0 Å². The van der Waals surface area contributed by atoms with Crippen LogP contribution in [0.15, 0.2) is 0 Å². The normalized spacial score (nSPS) is 23.8. The van der Waals surface area contributed by atoms with Crippen molar-refractivity contribution in [2.24, 2.45) is 5.73 Å². The molecule has 102 valence electrons. The molecule has 2 N–H and O–H groups in total. The molecule has 0 aromatic rings. The summed E-state index contributed by atoms with van der Waals surface area (Å²) in [5, 5.41) is 0. The maximum Gasteiger partial charge on any atom is 0.0674 e. The standard InChI is InChI=1S/C14H30N2O/c1-3-4-5-6-7-8-14(11-15)16-9-10-17-13(2)12-16/h13-14H,3-12,15H2,1-2H3. The van der Waals surface area contributed by atoms with Crippen LogP contribution >= 0.6 is 0 Å². The third-order valence-corrected chi connectivity index (χ3v) is 3.70. The Labute approximate surface area is 107 Å². The number of nitrogens with zero attached hydrogens (tertiary/aromatic N) is 1. The molecule has 0 aliphatic carbocycles. The van der Waals surface area contributed by atoms with Gasteiger partial charge in [-0.25, -0.2) is 0 Å². The summed E-state index contributed by atoms with van der Waals surface area (Å²) in [4.78, 5) is 2.52. The van der Waals surface area contributed by atoms with Gasteiger partial charge >= 0.3 is 0 Å². The van der Waals surface area contributed by atoms with E-state index in [0.29, 0.717) is 12.1 Å². The molecule has 0 radical (unpaired) electrons. The fourth-order valence-corrected chi connectivity index (χ4v) is 2.61. The van der Waals surface area contributed by atoms with E-state index in [1.165, 1.54) is 38.5 Å². The van der Waals surface area contributed by atoms with Crippen LogP contribution in [0, 0.1) is 0 Å². The molecule has 1 saturated heterocycles. The second-order valence-corrected chi connectivity index (χ2v) is 5.27. The molecule has 0 amide bonds. The highest BCUT2D eigenvalue weighted by molar-refractivity contribution is 4.77. The fraction of sp³-hybridized carbons (Fsp3) is 1.00. The number of rotatable bonds is 8. The summed E-state index contributed by atoms with van der Waals surface area (Å²) in [5.41, 5.74) is 5.91. The van der Waals surface area contributed by atoms with Crippen molar-refractivity contribution in [1.82, 2.24) is 4.90 Å². The summed E-state index contributed by atoms with van der Waals surface area (Å²) >= 11 is 0. The van der Waals surface area contributed by atoms with Gasteiger partial charge in [-0.2, -0.15) is 0 Å². The number of hydrogen-bond donors (Lipinski definition) is 1. The Hall–Kier alpha value is -0.120. The van der Waals surface area contributed by atoms with E-state index in [1.807, 2.05) is 0 Å². The minimum atomic E-state index is 0.373. The molecular formula is C14H30N2O. The van der Waals surface area contributed by atoms with E-state index in [-0.39, 0.29) is 0 Å². The van der Waals surface area contributed by atoms with Crippen LogP contribution in [-0.4, -0.2) is 43.3 Å². The number of unbranched alkanes of at least 4 members (excludes halogenated alkanes) is 4. The van der Waals surface area contributed by atoms with Crippen LogP contribution in [0.25, 0.3) is 0 Å². The summed E-state index contributed by atoms with van der Waals surface area (Å²) in [6.45, 7) is 8.19. The van der Waals surface area contributed by atoms with Crippen molar-refractivity contribution in [3.8, 4) is 0 Å². The van der Waals surface area contributed by atoms with Crippen LogP contribution in [0.5, 0.6) is 0 Å². The summed E-state index contributed by atoms with van der Waals surface area (Å²) in [6, 6.07) is 0.572. The molecule has 0 spiro atoms. The first-order chi connectivity index (χ1) is 8.27. The van der Waals surface area contributed by atoms with Gasteiger partial charge in [0.2, 0.25) is 0 Å². The largest absolute Gasteiger partial charge is 0.376 e. The predicted octanol–water partition coefficient (Wildman–Crippen LogP) is 2.39. The molecule has 17 heavy (non-hydrogen) atoms. The van der Waals surface area contributed by atoms with Crippen molar-refractivity contribution in [3.63, 3.8) is 0 Å². The highest BCUT2D eigenvalue weighted by Crippen LogP contribution is 2.14. The lowest BCUT2D eigenvalue weighted by atomic mass is 10.0. The molecule has 0 aromatic heterocycles. The predicted molar refractivity (Wildman–Crippen MR) is 73.2 cm³/mol. The van der Waals surface area contributed by atoms with E-state index in [4.69, 9.17) is 10.5 Å². The van der Waals surface area contributed by atoms with Gasteiger partial charge in [0.1, 0.15) is 0 Å². The summed E-state index contributed by atoms with van der Waals surface area (Å²) in [7, 11) is 0. The van der Waals surface area contributed by atoms with Crippen molar-refractivity contribution < 1.29 is 4.74 Å². The summed E-state index contributed by atoms with van der Waals surface area (Å²) in [5.74, 6) is 0. The van der Waals surface area contributed by atoms with Gasteiger partial charge in [0.25, 0.3) is 0 Å². The van der Waals surface area contributed by atoms with Crippen molar-refractivity contribution in [1.29, 1.82) is 0 Å². The zero-order valence-corrected chi connectivity index (χ0v) is 11.7. The summed E-state index contributed by atoms with van der Waals surface area (Å²) in [6.07, 6.45) is 8.40. The summed E-state index contributed by atoms with van der Waals surface area (Å²) < 4.78 is 5.58. The Balaban J connectivity index is 2.18. The molecule has 2 atom stereocenters. The first kappa shape index (κ1) is 14.9. The highest BCUT2D eigenvalue weighted by Gasteiger charge is 2.22. The van der Waals surface area contributed by atoms with Gasteiger partial charge in [-0.3, -0.25) is 4.90 Å². The van der Waals surface area contributed by atoms with Gasteiger partial charge in [0.15, 0.2) is 0 Å². The molecule has 2 unspecified atom stereocenters. The SMILES string of the molecule is CCCCCCCC(CN)N1CCOC(C)C1. The van der Waals surface area contributed by atoms with Gasteiger partial charge in [0.05, 0.1) is 12.7 Å². The van der Waals surface area contributed by atoms with Crippen molar-refractivity contribution >= 4 is 0 Å². The minimum absolute atomic E-state index is 0.373. The zero-order valence-electron chi connectivity index (χ0n) is 11.7. The lowest BCUT2D eigenvalue weighted by Crippen LogP contribution is -2.49. The highest BCUT2D eigenvalue weighted by atomic mass is 16.5. The van der Waals surface area contributed by atoms with E-state index in [1.54, 1.807) is 0 Å². The molecule has 1 aliphatic rings. The lowest BCUT2D eigenvalue weighted by Gasteiger charge is -2.36. The topological polar surface area (TPSA) is 38.5 Å². The maximum atomic E-state index is 5.91. The number of hydrogen-bond acceptors (Lipinski definition) is 3. The molecule has 3 nitrogen and oxygen atoms in total. The van der Waals surface area contributed by atoms with Crippen LogP contribution in [0.2, 0.25) is 0 Å². The van der Waals surface area contributed by atoms with Crippen LogP contribution in [0.1, 0.15) is 52.4 Å². The molecule has 0 aromatic carbocycles. The molecule has 1 rings (SSSR count). The van der Waals surface area contributed by atoms with Gasteiger partial charge in [-0.15, -0.1) is 0 Å². The van der Waals surface area contributed by atoms with Crippen LogP contribution in [-0.2, 0) is 4.74 Å². The van der Waals surface area contributed by atoms with E-state index in [2.05, 4.69) is 18.7 Å². The number of ether oxygens (including phenoxy) is 1. The van der Waals surface area contributed by atoms with E-state index in [0.717, 1.165) is 26.2 Å². The first-order valence-electron chi connectivity index (χ1n) is 7.33. The van der Waals surface area contributed by atoms with Gasteiger partial charge < -0.3 is 10.5 Å². The van der Waals surface area contributed by atoms with E-state index in [9.17, 15) is 0 Å². The third-order valence-electron chi connectivity index (χ3n) is 3.70. The average Bonchev–Trinajstić information content (AvgIpc) is 2.34. The van der Waals surface area contributed by atoms with E-state index < -0.39 is 0 Å². The Bertz CT molecular complexity index is 187. The first-order valence-corrected chi connectivity index (χ1v) is 7.33. The van der Waals surface area contributed by atoms with Crippen LogP contribution < -0.4 is 5.73 Å². The molecule has 1 heterocycles. The van der Waals surface area contributed by atoms with Crippen molar-refractivity contribution in [2.75, 3.05) is 26.2 Å². The maximum absolute atomic E-state index is 5.91. The third kappa shape index (κ3) is 5.84. The molecule has 0 saturated carbocycles. The van der Waals surface area contributed by atoms with Crippen molar-refractivity contribution in [3.05, 3.63) is 0 Å². The van der Waals surface area contributed by atoms with Gasteiger partial charge in [-0.05, 0) is 13.3 Å². The van der Waals surface area contributed by atoms with Crippen LogP contribution in [0.4, 0.5) is 0 Å². The molecule has 0 bridgehead atoms. The minimum Gasteiger partial charge on any atom is -0.376 e. The smallest absolute Gasteiger partial charge is 0.0674 e. The quantitative estimate of drug-likeness (QED) is 0.664. The Morgan fingerprint density at radius 3 is 2.71 bits per heavy atom. The molecular weight excluding hydrogens is 212 g/mol. The average molecular weight is 242 g/mol. The van der Waals surface area contributed by atoms with Gasteiger partial charge in [0, 0.05) is 25.7 Å². The number of nitrogens with two attached hydrogens (primary N) is 1.